The molecule has 1 fully saturated rings. The van der Waals surface area contributed by atoms with Crippen LogP contribution >= 0.6 is 0 Å². The minimum atomic E-state index is -0.319. The lowest BCUT2D eigenvalue weighted by atomic mass is 9.82. The van der Waals surface area contributed by atoms with Crippen LogP contribution in [0.5, 0.6) is 0 Å². The van der Waals surface area contributed by atoms with Crippen molar-refractivity contribution in [2.45, 2.75) is 31.6 Å². The van der Waals surface area contributed by atoms with E-state index in [-0.39, 0.29) is 11.8 Å². The van der Waals surface area contributed by atoms with Gasteiger partial charge < -0.3 is 0 Å². The number of hydrogen-bond acceptors (Lipinski definition) is 3. The molecule has 0 aromatic heterocycles. The van der Waals surface area contributed by atoms with Gasteiger partial charge in [-0.15, -0.1) is 0 Å². The number of rotatable bonds is 1. The SMILES string of the molecule is O=C1CCC(c2ccc3c(c2)C(=O)NC3=O)CC1. The molecule has 1 heterocycles. The fraction of sp³-hybridized carbons (Fsp3) is 0.357. The first-order valence-corrected chi connectivity index (χ1v) is 6.16. The zero-order valence-corrected chi connectivity index (χ0v) is 9.86. The van der Waals surface area contributed by atoms with Gasteiger partial charge in [0.25, 0.3) is 11.8 Å². The van der Waals surface area contributed by atoms with Crippen molar-refractivity contribution < 1.29 is 14.4 Å². The van der Waals surface area contributed by atoms with Gasteiger partial charge in [0.1, 0.15) is 5.78 Å². The van der Waals surface area contributed by atoms with Crippen LogP contribution in [0.1, 0.15) is 57.9 Å². The summed E-state index contributed by atoms with van der Waals surface area (Å²) in [5.74, 6) is 0.0148. The number of Topliss-reactive ketones (excluding diaryl/α,β-unsaturated/α-hetero) is 1. The van der Waals surface area contributed by atoms with Crippen LogP contribution in [-0.2, 0) is 4.79 Å². The van der Waals surface area contributed by atoms with Crippen molar-refractivity contribution in [1.29, 1.82) is 0 Å². The van der Waals surface area contributed by atoms with Gasteiger partial charge in [0.05, 0.1) is 11.1 Å². The molecular formula is C14H13NO3. The molecule has 1 aliphatic heterocycles. The lowest BCUT2D eigenvalue weighted by molar-refractivity contribution is -0.120. The number of amides is 2. The highest BCUT2D eigenvalue weighted by Gasteiger charge is 2.28. The van der Waals surface area contributed by atoms with E-state index in [1.807, 2.05) is 6.07 Å². The Bertz CT molecular complexity index is 552. The van der Waals surface area contributed by atoms with Crippen molar-refractivity contribution in [3.63, 3.8) is 0 Å². The minimum Gasteiger partial charge on any atom is -0.300 e. The van der Waals surface area contributed by atoms with Gasteiger partial charge in [0.15, 0.2) is 0 Å². The van der Waals surface area contributed by atoms with Gasteiger partial charge in [-0.25, -0.2) is 0 Å². The standard InChI is InChI=1S/C14H13NO3/c16-10-4-1-8(2-5-10)9-3-6-11-12(7-9)14(18)15-13(11)17/h3,6-8H,1-2,4-5H2,(H,15,17,18). The number of fused-ring (bicyclic) bond motifs is 1. The van der Waals surface area contributed by atoms with Crippen molar-refractivity contribution in [2.24, 2.45) is 0 Å². The van der Waals surface area contributed by atoms with Crippen LogP contribution < -0.4 is 5.32 Å². The van der Waals surface area contributed by atoms with E-state index in [0.29, 0.717) is 35.7 Å². The molecule has 1 aromatic rings. The number of carbonyl (C=O) groups excluding carboxylic acids is 3. The number of benzene rings is 1. The summed E-state index contributed by atoms with van der Waals surface area (Å²) < 4.78 is 0. The highest BCUT2D eigenvalue weighted by molar-refractivity contribution is 6.21. The van der Waals surface area contributed by atoms with Crippen molar-refractivity contribution in [3.05, 3.63) is 34.9 Å². The normalized spacial score (nSPS) is 19.9. The summed E-state index contributed by atoms with van der Waals surface area (Å²) in [5, 5.41) is 2.29. The van der Waals surface area contributed by atoms with Crippen LogP contribution in [0.25, 0.3) is 0 Å². The largest absolute Gasteiger partial charge is 0.300 e. The highest BCUT2D eigenvalue weighted by Crippen LogP contribution is 2.32. The van der Waals surface area contributed by atoms with E-state index < -0.39 is 0 Å². The van der Waals surface area contributed by atoms with Gasteiger partial charge in [0, 0.05) is 12.8 Å². The molecule has 0 bridgehead atoms. The van der Waals surface area contributed by atoms with Gasteiger partial charge in [0.2, 0.25) is 0 Å². The van der Waals surface area contributed by atoms with E-state index in [1.165, 1.54) is 0 Å². The van der Waals surface area contributed by atoms with Gasteiger partial charge >= 0.3 is 0 Å². The number of imide groups is 1. The number of nitrogens with one attached hydrogen (secondary N) is 1. The second-order valence-corrected chi connectivity index (χ2v) is 4.90. The minimum absolute atomic E-state index is 0.316. The van der Waals surface area contributed by atoms with Crippen LogP contribution in [0.15, 0.2) is 18.2 Å². The van der Waals surface area contributed by atoms with Gasteiger partial charge in [-0.05, 0) is 36.5 Å². The summed E-state index contributed by atoms with van der Waals surface area (Å²) in [5.41, 5.74) is 1.98. The Morgan fingerprint density at radius 2 is 1.61 bits per heavy atom. The smallest absolute Gasteiger partial charge is 0.258 e. The lowest BCUT2D eigenvalue weighted by Crippen LogP contribution is -2.19. The molecule has 4 heteroatoms. The molecular weight excluding hydrogens is 230 g/mol. The molecule has 0 atom stereocenters. The molecule has 0 spiro atoms. The van der Waals surface area contributed by atoms with E-state index in [0.717, 1.165) is 18.4 Å². The number of carbonyl (C=O) groups is 3. The summed E-state index contributed by atoms with van der Waals surface area (Å²) in [7, 11) is 0. The Morgan fingerprint density at radius 1 is 0.944 bits per heavy atom. The van der Waals surface area contributed by atoms with E-state index in [9.17, 15) is 14.4 Å². The summed E-state index contributed by atoms with van der Waals surface area (Å²) in [6.07, 6.45) is 2.92. The van der Waals surface area contributed by atoms with Crippen molar-refractivity contribution in [2.75, 3.05) is 0 Å². The Morgan fingerprint density at radius 3 is 2.33 bits per heavy atom. The summed E-state index contributed by atoms with van der Waals surface area (Å²) in [4.78, 5) is 34.2. The molecule has 1 aromatic carbocycles. The van der Waals surface area contributed by atoms with Crippen LogP contribution in [0.4, 0.5) is 0 Å². The molecule has 4 nitrogen and oxygen atoms in total. The molecule has 18 heavy (non-hydrogen) atoms. The van der Waals surface area contributed by atoms with Crippen LogP contribution in [0.3, 0.4) is 0 Å². The van der Waals surface area contributed by atoms with Gasteiger partial charge in [-0.1, -0.05) is 6.07 Å². The van der Waals surface area contributed by atoms with E-state index >= 15 is 0 Å². The fourth-order valence-electron chi connectivity index (χ4n) is 2.71. The van der Waals surface area contributed by atoms with Gasteiger partial charge in [-0.2, -0.15) is 0 Å². The second kappa shape index (κ2) is 4.05. The molecule has 3 rings (SSSR count). The van der Waals surface area contributed by atoms with E-state index in [4.69, 9.17) is 0 Å². The third-order valence-corrected chi connectivity index (χ3v) is 3.77. The topological polar surface area (TPSA) is 63.2 Å². The highest BCUT2D eigenvalue weighted by atomic mass is 16.2. The first kappa shape index (κ1) is 11.1. The molecule has 1 aliphatic carbocycles. The maximum atomic E-state index is 11.6. The average Bonchev–Trinajstić information content (AvgIpc) is 2.66. The monoisotopic (exact) mass is 243 g/mol. The van der Waals surface area contributed by atoms with Crippen molar-refractivity contribution >= 4 is 17.6 Å². The Labute approximate surface area is 104 Å². The molecule has 1 N–H and O–H groups in total. The van der Waals surface area contributed by atoms with Crippen LogP contribution in [-0.4, -0.2) is 17.6 Å². The predicted molar refractivity (Wildman–Crippen MR) is 64.5 cm³/mol. The molecule has 2 aliphatic rings. The molecule has 0 radical (unpaired) electrons. The predicted octanol–water partition coefficient (Wildman–Crippen LogP) is 1.80. The van der Waals surface area contributed by atoms with Gasteiger partial charge in [-0.3, -0.25) is 19.7 Å². The van der Waals surface area contributed by atoms with Crippen LogP contribution in [0, 0.1) is 0 Å². The second-order valence-electron chi connectivity index (χ2n) is 4.90. The Kier molecular flexibility index (Phi) is 2.51. The average molecular weight is 243 g/mol. The first-order valence-electron chi connectivity index (χ1n) is 6.16. The fourth-order valence-corrected chi connectivity index (χ4v) is 2.71. The number of ketones is 1. The van der Waals surface area contributed by atoms with Crippen molar-refractivity contribution in [1.82, 2.24) is 5.32 Å². The third-order valence-electron chi connectivity index (χ3n) is 3.77. The van der Waals surface area contributed by atoms with Crippen LogP contribution in [0.2, 0.25) is 0 Å². The summed E-state index contributed by atoms with van der Waals surface area (Å²) >= 11 is 0. The number of hydrogen-bond donors (Lipinski definition) is 1. The Hall–Kier alpha value is -1.97. The molecule has 0 saturated heterocycles. The van der Waals surface area contributed by atoms with Crippen molar-refractivity contribution in [3.8, 4) is 0 Å². The van der Waals surface area contributed by atoms with E-state index in [1.54, 1.807) is 12.1 Å². The first-order chi connectivity index (χ1) is 8.65. The zero-order valence-electron chi connectivity index (χ0n) is 9.86. The molecule has 0 unspecified atom stereocenters. The third kappa shape index (κ3) is 1.74. The van der Waals surface area contributed by atoms with E-state index in [2.05, 4.69) is 5.32 Å². The Balaban J connectivity index is 1.91. The zero-order chi connectivity index (χ0) is 12.7. The molecule has 92 valence electrons. The maximum absolute atomic E-state index is 11.6. The maximum Gasteiger partial charge on any atom is 0.258 e. The lowest BCUT2D eigenvalue weighted by Gasteiger charge is -2.21. The quantitative estimate of drug-likeness (QED) is 0.765. The summed E-state index contributed by atoms with van der Waals surface area (Å²) in [6.45, 7) is 0. The molecule has 1 saturated carbocycles. The molecule has 2 amide bonds. The summed E-state index contributed by atoms with van der Waals surface area (Å²) in [6, 6.07) is 5.41.